The molecule has 0 radical (unpaired) electrons. The maximum absolute atomic E-state index is 11.9. The van der Waals surface area contributed by atoms with Gasteiger partial charge in [0.05, 0.1) is 13.2 Å². The molecule has 0 fully saturated rings. The zero-order valence-electron chi connectivity index (χ0n) is 11.6. The van der Waals surface area contributed by atoms with Crippen LogP contribution in [0.25, 0.3) is 0 Å². The van der Waals surface area contributed by atoms with E-state index in [-0.39, 0.29) is 11.0 Å². The first kappa shape index (κ1) is 16.2. The molecule has 2 N–H and O–H groups in total. The fraction of sp³-hybridized carbons (Fsp3) is 0.667. The third kappa shape index (κ3) is 5.73. The molecular formula is C12H22N2O4S. The van der Waals surface area contributed by atoms with Crippen molar-refractivity contribution in [1.29, 1.82) is 0 Å². The number of ether oxygens (including phenoxy) is 1. The van der Waals surface area contributed by atoms with Crippen LogP contribution in [-0.4, -0.2) is 35.2 Å². The van der Waals surface area contributed by atoms with E-state index < -0.39 is 10.0 Å². The van der Waals surface area contributed by atoms with Crippen molar-refractivity contribution in [2.45, 2.75) is 25.5 Å². The molecule has 0 saturated carbocycles. The van der Waals surface area contributed by atoms with Gasteiger partial charge in [-0.1, -0.05) is 13.8 Å². The molecule has 0 aliphatic heterocycles. The fourth-order valence-corrected chi connectivity index (χ4v) is 2.49. The van der Waals surface area contributed by atoms with Crippen molar-refractivity contribution < 1.29 is 17.6 Å². The molecule has 0 aliphatic rings. The van der Waals surface area contributed by atoms with Gasteiger partial charge in [-0.3, -0.25) is 0 Å². The zero-order chi connectivity index (χ0) is 14.3. The Hall–Kier alpha value is -0.890. The van der Waals surface area contributed by atoms with Crippen molar-refractivity contribution in [2.75, 3.05) is 26.8 Å². The molecule has 1 rings (SSSR count). The Morgan fingerprint density at radius 2 is 2.11 bits per heavy atom. The van der Waals surface area contributed by atoms with Gasteiger partial charge in [-0.05, 0) is 18.1 Å². The topological polar surface area (TPSA) is 80.6 Å². The number of methoxy groups -OCH3 is 1. The fourth-order valence-electron chi connectivity index (χ4n) is 1.33. The molecule has 0 unspecified atom stereocenters. The molecule has 1 heterocycles. The molecule has 0 aromatic carbocycles. The first-order chi connectivity index (χ1) is 8.95. The summed E-state index contributed by atoms with van der Waals surface area (Å²) >= 11 is 0. The van der Waals surface area contributed by atoms with Gasteiger partial charge in [0.15, 0.2) is 0 Å². The molecule has 7 heteroatoms. The van der Waals surface area contributed by atoms with Crippen LogP contribution in [0.4, 0.5) is 0 Å². The molecule has 0 aliphatic carbocycles. The first-order valence-corrected chi connectivity index (χ1v) is 7.72. The summed E-state index contributed by atoms with van der Waals surface area (Å²) in [5.41, 5.74) is 0. The molecule has 0 amide bonds. The molecule has 6 nitrogen and oxygen atoms in total. The Morgan fingerprint density at radius 3 is 2.74 bits per heavy atom. The summed E-state index contributed by atoms with van der Waals surface area (Å²) in [4.78, 5) is 0. The van der Waals surface area contributed by atoms with Crippen LogP contribution in [0.5, 0.6) is 0 Å². The minimum Gasteiger partial charge on any atom is -0.447 e. The van der Waals surface area contributed by atoms with E-state index in [1.54, 1.807) is 13.2 Å². The minimum absolute atomic E-state index is 0.0447. The molecular weight excluding hydrogens is 268 g/mol. The number of nitrogens with one attached hydrogen (secondary N) is 2. The molecule has 0 saturated heterocycles. The van der Waals surface area contributed by atoms with Crippen LogP contribution >= 0.6 is 0 Å². The standard InChI is InChI=1S/C12H22N2O4S/c1-10(2)8-14-19(15,16)12-5-4-11(18-12)9-13-6-7-17-3/h4-5,10,13-14H,6-9H2,1-3H3. The van der Waals surface area contributed by atoms with E-state index in [9.17, 15) is 8.42 Å². The van der Waals surface area contributed by atoms with Gasteiger partial charge in [0.1, 0.15) is 5.76 Å². The maximum atomic E-state index is 11.9. The van der Waals surface area contributed by atoms with Crippen LogP contribution in [-0.2, 0) is 21.3 Å². The van der Waals surface area contributed by atoms with Crippen molar-refractivity contribution in [3.63, 3.8) is 0 Å². The lowest BCUT2D eigenvalue weighted by Gasteiger charge is -2.06. The third-order valence-corrected chi connectivity index (χ3v) is 3.66. The lowest BCUT2D eigenvalue weighted by atomic mass is 10.2. The number of furan rings is 1. The Labute approximate surface area is 114 Å². The largest absolute Gasteiger partial charge is 0.447 e. The number of rotatable bonds is 9. The van der Waals surface area contributed by atoms with Crippen molar-refractivity contribution in [3.8, 4) is 0 Å². The Balaban J connectivity index is 2.53. The summed E-state index contributed by atoms with van der Waals surface area (Å²) in [6, 6.07) is 3.12. The predicted molar refractivity (Wildman–Crippen MR) is 72.3 cm³/mol. The smallest absolute Gasteiger partial charge is 0.273 e. The van der Waals surface area contributed by atoms with Crippen LogP contribution in [0.3, 0.4) is 0 Å². The highest BCUT2D eigenvalue weighted by Crippen LogP contribution is 2.13. The number of hydrogen-bond donors (Lipinski definition) is 2. The molecule has 110 valence electrons. The van der Waals surface area contributed by atoms with Gasteiger partial charge in [0.25, 0.3) is 10.0 Å². The van der Waals surface area contributed by atoms with E-state index in [0.29, 0.717) is 32.0 Å². The highest BCUT2D eigenvalue weighted by atomic mass is 32.2. The predicted octanol–water partition coefficient (Wildman–Crippen LogP) is 0.950. The molecule has 19 heavy (non-hydrogen) atoms. The van der Waals surface area contributed by atoms with Crippen molar-refractivity contribution in [3.05, 3.63) is 17.9 Å². The van der Waals surface area contributed by atoms with Crippen LogP contribution < -0.4 is 10.0 Å². The van der Waals surface area contributed by atoms with Gasteiger partial charge in [0.2, 0.25) is 5.09 Å². The van der Waals surface area contributed by atoms with Gasteiger partial charge in [-0.2, -0.15) is 0 Å². The van der Waals surface area contributed by atoms with Crippen molar-refractivity contribution >= 4 is 10.0 Å². The summed E-state index contributed by atoms with van der Waals surface area (Å²) in [5, 5.41) is 3.04. The van der Waals surface area contributed by atoms with Gasteiger partial charge < -0.3 is 14.5 Å². The molecule has 1 aromatic heterocycles. The molecule has 0 spiro atoms. The third-order valence-electron chi connectivity index (χ3n) is 2.37. The lowest BCUT2D eigenvalue weighted by molar-refractivity contribution is 0.198. The highest BCUT2D eigenvalue weighted by Gasteiger charge is 2.18. The number of hydrogen-bond acceptors (Lipinski definition) is 5. The van der Waals surface area contributed by atoms with Crippen molar-refractivity contribution in [2.24, 2.45) is 5.92 Å². The van der Waals surface area contributed by atoms with Crippen LogP contribution in [0, 0.1) is 5.92 Å². The Kier molecular flexibility index (Phi) is 6.50. The second-order valence-corrected chi connectivity index (χ2v) is 6.33. The molecule has 0 bridgehead atoms. The normalized spacial score (nSPS) is 12.2. The lowest BCUT2D eigenvalue weighted by Crippen LogP contribution is -2.27. The average Bonchev–Trinajstić information content (AvgIpc) is 2.82. The Morgan fingerprint density at radius 1 is 1.37 bits per heavy atom. The van der Waals surface area contributed by atoms with E-state index in [1.165, 1.54) is 6.07 Å². The van der Waals surface area contributed by atoms with E-state index in [0.717, 1.165) is 0 Å². The summed E-state index contributed by atoms with van der Waals surface area (Å²) in [6.45, 7) is 6.03. The summed E-state index contributed by atoms with van der Waals surface area (Å²) in [6.07, 6.45) is 0. The van der Waals surface area contributed by atoms with Crippen LogP contribution in [0.2, 0.25) is 0 Å². The summed E-state index contributed by atoms with van der Waals surface area (Å²) in [5.74, 6) is 0.834. The first-order valence-electron chi connectivity index (χ1n) is 6.23. The van der Waals surface area contributed by atoms with E-state index in [4.69, 9.17) is 9.15 Å². The molecule has 1 aromatic rings. The summed E-state index contributed by atoms with van der Waals surface area (Å²) < 4.78 is 36.5. The zero-order valence-corrected chi connectivity index (χ0v) is 12.4. The van der Waals surface area contributed by atoms with E-state index in [2.05, 4.69) is 10.0 Å². The maximum Gasteiger partial charge on any atom is 0.273 e. The quantitative estimate of drug-likeness (QED) is 0.662. The average molecular weight is 290 g/mol. The van der Waals surface area contributed by atoms with Crippen molar-refractivity contribution in [1.82, 2.24) is 10.0 Å². The summed E-state index contributed by atoms with van der Waals surface area (Å²) in [7, 11) is -1.91. The van der Waals surface area contributed by atoms with Gasteiger partial charge in [0, 0.05) is 20.2 Å². The number of sulfonamides is 1. The minimum atomic E-state index is -3.54. The second kappa shape index (κ2) is 7.64. The Bertz CT molecular complexity index is 468. The van der Waals surface area contributed by atoms with E-state index >= 15 is 0 Å². The SMILES string of the molecule is COCCNCc1ccc(S(=O)(=O)NCC(C)C)o1. The second-order valence-electron chi connectivity index (χ2n) is 4.64. The highest BCUT2D eigenvalue weighted by molar-refractivity contribution is 7.89. The van der Waals surface area contributed by atoms with Crippen LogP contribution in [0.15, 0.2) is 21.6 Å². The van der Waals surface area contributed by atoms with Gasteiger partial charge in [-0.25, -0.2) is 13.1 Å². The monoisotopic (exact) mass is 290 g/mol. The van der Waals surface area contributed by atoms with Crippen LogP contribution in [0.1, 0.15) is 19.6 Å². The van der Waals surface area contributed by atoms with Gasteiger partial charge in [-0.15, -0.1) is 0 Å². The molecule has 0 atom stereocenters. The van der Waals surface area contributed by atoms with E-state index in [1.807, 2.05) is 13.8 Å². The van der Waals surface area contributed by atoms with Gasteiger partial charge >= 0.3 is 0 Å².